The Morgan fingerprint density at radius 2 is 1.79 bits per heavy atom. The zero-order valence-corrected chi connectivity index (χ0v) is 8.20. The van der Waals surface area contributed by atoms with Crippen LogP contribution in [-0.2, 0) is 0 Å². The van der Waals surface area contributed by atoms with Crippen LogP contribution in [0.25, 0.3) is 11.3 Å². The Balaban J connectivity index is 2.51. The highest BCUT2D eigenvalue weighted by Crippen LogP contribution is 2.25. The van der Waals surface area contributed by atoms with Crippen molar-refractivity contribution in [3.8, 4) is 11.3 Å². The number of halogens is 1. The second-order valence-electron chi connectivity index (χ2n) is 2.86. The van der Waals surface area contributed by atoms with Crippen LogP contribution in [0.3, 0.4) is 0 Å². The molecule has 0 radical (unpaired) electrons. The average Bonchev–Trinajstić information content (AvgIpc) is 2.30. The van der Waals surface area contributed by atoms with Gasteiger partial charge in [-0.15, -0.1) is 0 Å². The first kappa shape index (κ1) is 9.03. The van der Waals surface area contributed by atoms with Crippen LogP contribution in [0.1, 0.15) is 0 Å². The van der Waals surface area contributed by atoms with E-state index in [0.29, 0.717) is 0 Å². The molecule has 1 aromatic carbocycles. The zero-order valence-electron chi connectivity index (χ0n) is 7.44. The van der Waals surface area contributed by atoms with Gasteiger partial charge in [-0.3, -0.25) is 9.82 Å². The maximum Gasteiger partial charge on any atom is 0.0723 e. The maximum atomic E-state index is 5.60. The van der Waals surface area contributed by atoms with E-state index in [4.69, 9.17) is 11.8 Å². The summed E-state index contributed by atoms with van der Waals surface area (Å²) in [6, 6.07) is 13.6. The third kappa shape index (κ3) is 1.70. The summed E-state index contributed by atoms with van der Waals surface area (Å²) in [4.78, 5) is 6.89. The van der Waals surface area contributed by atoms with Gasteiger partial charge in [0.25, 0.3) is 0 Å². The van der Waals surface area contributed by atoms with E-state index < -0.39 is 0 Å². The molecule has 14 heavy (non-hydrogen) atoms. The highest BCUT2D eigenvalue weighted by atomic mass is 35.5. The molecule has 0 fully saturated rings. The highest BCUT2D eigenvalue weighted by molar-refractivity contribution is 6.24. The van der Waals surface area contributed by atoms with Crippen LogP contribution >= 0.6 is 11.8 Å². The number of hydrogen-bond acceptors (Lipinski definition) is 2. The van der Waals surface area contributed by atoms with Gasteiger partial charge in [0.2, 0.25) is 0 Å². The molecule has 1 heterocycles. The van der Waals surface area contributed by atoms with E-state index in [2.05, 4.69) is 9.82 Å². The fourth-order valence-corrected chi connectivity index (χ4v) is 1.48. The third-order valence-corrected chi connectivity index (χ3v) is 2.17. The summed E-state index contributed by atoms with van der Waals surface area (Å²) < 4.78 is 0. The number of nitrogens with one attached hydrogen (secondary N) is 1. The van der Waals surface area contributed by atoms with Gasteiger partial charge in [-0.1, -0.05) is 24.3 Å². The summed E-state index contributed by atoms with van der Waals surface area (Å²) in [5.74, 6) is 0. The minimum atomic E-state index is 0.868. The molecular formula is C11H9ClN2. The molecule has 0 bridgehead atoms. The Kier molecular flexibility index (Phi) is 2.65. The molecule has 0 aliphatic heterocycles. The molecule has 0 unspecified atom stereocenters. The number of aromatic nitrogens is 1. The Bertz CT molecular complexity index is 415. The summed E-state index contributed by atoms with van der Waals surface area (Å²) >= 11 is 5.60. The number of hydrogen-bond donors (Lipinski definition) is 1. The fraction of sp³-hybridized carbons (Fsp3) is 0. The van der Waals surface area contributed by atoms with Gasteiger partial charge in [0.1, 0.15) is 0 Å². The summed E-state index contributed by atoms with van der Waals surface area (Å²) in [5, 5.41) is 0. The second kappa shape index (κ2) is 4.11. The van der Waals surface area contributed by atoms with Crippen LogP contribution in [0.2, 0.25) is 0 Å². The van der Waals surface area contributed by atoms with Crippen molar-refractivity contribution >= 4 is 17.5 Å². The maximum absolute atomic E-state index is 5.60. The van der Waals surface area contributed by atoms with Gasteiger partial charge < -0.3 is 0 Å². The van der Waals surface area contributed by atoms with Crippen molar-refractivity contribution in [2.24, 2.45) is 0 Å². The second-order valence-corrected chi connectivity index (χ2v) is 3.04. The lowest BCUT2D eigenvalue weighted by Gasteiger charge is -2.05. The van der Waals surface area contributed by atoms with Crippen LogP contribution < -0.4 is 4.84 Å². The lowest BCUT2D eigenvalue weighted by atomic mass is 10.1. The fourth-order valence-electron chi connectivity index (χ4n) is 1.31. The van der Waals surface area contributed by atoms with Crippen molar-refractivity contribution < 1.29 is 0 Å². The van der Waals surface area contributed by atoms with Crippen LogP contribution in [0, 0.1) is 0 Å². The van der Waals surface area contributed by atoms with E-state index in [1.54, 1.807) is 6.20 Å². The van der Waals surface area contributed by atoms with Gasteiger partial charge in [-0.25, -0.2) is 0 Å². The highest BCUT2D eigenvalue weighted by Gasteiger charge is 2.02. The molecular weight excluding hydrogens is 196 g/mol. The molecule has 0 aliphatic rings. The van der Waals surface area contributed by atoms with E-state index in [0.717, 1.165) is 16.9 Å². The minimum absolute atomic E-state index is 0.868. The molecule has 0 saturated heterocycles. The largest absolute Gasteiger partial charge is 0.298 e. The molecule has 70 valence electrons. The molecule has 2 aromatic rings. The van der Waals surface area contributed by atoms with E-state index in [9.17, 15) is 0 Å². The third-order valence-electron chi connectivity index (χ3n) is 1.97. The van der Waals surface area contributed by atoms with Crippen molar-refractivity contribution in [1.82, 2.24) is 4.98 Å². The topological polar surface area (TPSA) is 24.9 Å². The SMILES string of the molecule is ClNc1ccccc1-c1ccccn1. The molecule has 1 aromatic heterocycles. The van der Waals surface area contributed by atoms with Gasteiger partial charge in [0.15, 0.2) is 0 Å². The van der Waals surface area contributed by atoms with E-state index >= 15 is 0 Å². The number of para-hydroxylation sites is 1. The van der Waals surface area contributed by atoms with Crippen molar-refractivity contribution in [1.29, 1.82) is 0 Å². The molecule has 3 heteroatoms. The number of pyridine rings is 1. The van der Waals surface area contributed by atoms with Crippen LogP contribution in [0.5, 0.6) is 0 Å². The van der Waals surface area contributed by atoms with Crippen molar-refractivity contribution in [2.75, 3.05) is 4.84 Å². The van der Waals surface area contributed by atoms with Crippen LogP contribution in [-0.4, -0.2) is 4.98 Å². The normalized spacial score (nSPS) is 9.79. The van der Waals surface area contributed by atoms with Crippen molar-refractivity contribution in [2.45, 2.75) is 0 Å². The summed E-state index contributed by atoms with van der Waals surface area (Å²) in [6.07, 6.45) is 1.76. The first-order chi connectivity index (χ1) is 6.92. The number of rotatable bonds is 2. The van der Waals surface area contributed by atoms with Gasteiger partial charge in [-0.05, 0) is 18.2 Å². The summed E-state index contributed by atoms with van der Waals surface area (Å²) in [7, 11) is 0. The molecule has 0 spiro atoms. The molecule has 2 rings (SSSR count). The molecule has 0 atom stereocenters. The van der Waals surface area contributed by atoms with E-state index in [1.165, 1.54) is 0 Å². The average molecular weight is 205 g/mol. The zero-order chi connectivity index (χ0) is 9.80. The van der Waals surface area contributed by atoms with Crippen molar-refractivity contribution in [3.63, 3.8) is 0 Å². The predicted molar refractivity (Wildman–Crippen MR) is 59.1 cm³/mol. The van der Waals surface area contributed by atoms with E-state index in [1.807, 2.05) is 42.5 Å². The van der Waals surface area contributed by atoms with E-state index in [-0.39, 0.29) is 0 Å². The Labute approximate surface area is 87.7 Å². The quantitative estimate of drug-likeness (QED) is 0.760. The van der Waals surface area contributed by atoms with Gasteiger partial charge in [0, 0.05) is 23.5 Å². The smallest absolute Gasteiger partial charge is 0.0723 e. The molecule has 2 nitrogen and oxygen atoms in total. The van der Waals surface area contributed by atoms with Gasteiger partial charge >= 0.3 is 0 Å². The first-order valence-electron chi connectivity index (χ1n) is 4.29. The number of benzene rings is 1. The van der Waals surface area contributed by atoms with Crippen LogP contribution in [0.4, 0.5) is 5.69 Å². The molecule has 0 aliphatic carbocycles. The minimum Gasteiger partial charge on any atom is -0.298 e. The molecule has 1 N–H and O–H groups in total. The monoisotopic (exact) mass is 204 g/mol. The summed E-state index contributed by atoms with van der Waals surface area (Å²) in [5.41, 5.74) is 2.78. The first-order valence-corrected chi connectivity index (χ1v) is 4.66. The Morgan fingerprint density at radius 3 is 2.50 bits per heavy atom. The predicted octanol–water partition coefficient (Wildman–Crippen LogP) is 3.31. The molecule has 0 saturated carbocycles. The lowest BCUT2D eigenvalue weighted by molar-refractivity contribution is 1.33. The lowest BCUT2D eigenvalue weighted by Crippen LogP contribution is -1.87. The Hall–Kier alpha value is -1.54. The van der Waals surface area contributed by atoms with Crippen LogP contribution in [0.15, 0.2) is 48.7 Å². The van der Waals surface area contributed by atoms with Crippen molar-refractivity contribution in [3.05, 3.63) is 48.7 Å². The number of nitrogens with zero attached hydrogens (tertiary/aromatic N) is 1. The number of anilines is 1. The summed E-state index contributed by atoms with van der Waals surface area (Å²) in [6.45, 7) is 0. The molecule has 0 amide bonds. The Morgan fingerprint density at radius 1 is 1.00 bits per heavy atom. The standard InChI is InChI=1S/C11H9ClN2/c12-14-11-7-2-1-5-9(11)10-6-3-4-8-13-10/h1-8,14H. The van der Waals surface area contributed by atoms with Gasteiger partial charge in [-0.2, -0.15) is 0 Å². The van der Waals surface area contributed by atoms with Gasteiger partial charge in [0.05, 0.1) is 11.4 Å².